The second-order valence-corrected chi connectivity index (χ2v) is 4.48. The molecule has 0 aromatic heterocycles. The number of hydrogen-bond acceptors (Lipinski definition) is 2. The van der Waals surface area contributed by atoms with Gasteiger partial charge in [-0.3, -0.25) is 0 Å². The smallest absolute Gasteiger partial charge is 0.123 e. The quantitative estimate of drug-likeness (QED) is 0.829. The Hall–Kier alpha value is -0.540. The van der Waals surface area contributed by atoms with Crippen molar-refractivity contribution in [1.29, 1.82) is 0 Å². The maximum absolute atomic E-state index is 13.2. The van der Waals surface area contributed by atoms with E-state index in [9.17, 15) is 4.39 Å². The molecule has 15 heavy (non-hydrogen) atoms. The Balaban J connectivity index is 2.93. The normalized spacial score (nSPS) is 12.8. The van der Waals surface area contributed by atoms with E-state index in [-0.39, 0.29) is 11.9 Å². The molecule has 0 spiro atoms. The van der Waals surface area contributed by atoms with Crippen LogP contribution >= 0.6 is 11.8 Å². The first-order valence-corrected chi connectivity index (χ1v) is 6.56. The Kier molecular flexibility index (Phi) is 5.12. The minimum Gasteiger partial charge on any atom is -0.309 e. The molecular weight excluding hydrogens is 209 g/mol. The third-order valence-electron chi connectivity index (χ3n) is 2.40. The first kappa shape index (κ1) is 12.5. The van der Waals surface area contributed by atoms with Crippen molar-refractivity contribution in [2.75, 3.05) is 18.6 Å². The third-order valence-corrected chi connectivity index (χ3v) is 3.07. The Bertz CT molecular complexity index is 308. The summed E-state index contributed by atoms with van der Waals surface area (Å²) in [4.78, 5) is 0. The molecule has 0 heterocycles. The molecule has 0 aliphatic heterocycles. The first-order valence-electron chi connectivity index (χ1n) is 5.17. The number of benzene rings is 1. The van der Waals surface area contributed by atoms with E-state index in [4.69, 9.17) is 0 Å². The summed E-state index contributed by atoms with van der Waals surface area (Å²) in [6.45, 7) is 5.00. The van der Waals surface area contributed by atoms with E-state index in [1.807, 2.05) is 13.0 Å². The van der Waals surface area contributed by atoms with Gasteiger partial charge in [-0.25, -0.2) is 4.39 Å². The fourth-order valence-electron chi connectivity index (χ4n) is 1.66. The van der Waals surface area contributed by atoms with Crippen molar-refractivity contribution < 1.29 is 4.39 Å². The molecule has 3 heteroatoms. The van der Waals surface area contributed by atoms with Gasteiger partial charge >= 0.3 is 0 Å². The molecule has 0 radical (unpaired) electrons. The van der Waals surface area contributed by atoms with Crippen molar-refractivity contribution in [3.8, 4) is 0 Å². The Morgan fingerprint density at radius 1 is 1.47 bits per heavy atom. The third kappa shape index (κ3) is 3.50. The van der Waals surface area contributed by atoms with Gasteiger partial charge < -0.3 is 5.32 Å². The van der Waals surface area contributed by atoms with Crippen LogP contribution in [-0.4, -0.2) is 18.6 Å². The highest BCUT2D eigenvalue weighted by Crippen LogP contribution is 2.21. The van der Waals surface area contributed by atoms with Crippen molar-refractivity contribution in [2.45, 2.75) is 19.9 Å². The number of rotatable bonds is 5. The van der Waals surface area contributed by atoms with Crippen LogP contribution in [0.25, 0.3) is 0 Å². The van der Waals surface area contributed by atoms with Gasteiger partial charge in [-0.2, -0.15) is 11.8 Å². The standard InChI is InChI=1S/C12H18FNS/c1-4-14-12(8-15-3)11-7-10(13)6-5-9(11)2/h5-7,12,14H,4,8H2,1-3H3. The van der Waals surface area contributed by atoms with Crippen molar-refractivity contribution in [2.24, 2.45) is 0 Å². The molecule has 1 aromatic carbocycles. The van der Waals surface area contributed by atoms with Crippen molar-refractivity contribution in [3.63, 3.8) is 0 Å². The summed E-state index contributed by atoms with van der Waals surface area (Å²) in [5, 5.41) is 3.38. The lowest BCUT2D eigenvalue weighted by Crippen LogP contribution is -2.23. The molecule has 1 N–H and O–H groups in total. The fourth-order valence-corrected chi connectivity index (χ4v) is 2.29. The zero-order valence-electron chi connectivity index (χ0n) is 9.51. The van der Waals surface area contributed by atoms with Gasteiger partial charge in [0.15, 0.2) is 0 Å². The zero-order chi connectivity index (χ0) is 11.3. The van der Waals surface area contributed by atoms with Gasteiger partial charge in [-0.05, 0) is 43.0 Å². The summed E-state index contributed by atoms with van der Waals surface area (Å²) in [6.07, 6.45) is 2.07. The molecule has 0 aliphatic rings. The van der Waals surface area contributed by atoms with Crippen LogP contribution in [0.4, 0.5) is 4.39 Å². The lowest BCUT2D eigenvalue weighted by molar-refractivity contribution is 0.586. The molecule has 1 aromatic rings. The molecule has 0 saturated heterocycles. The van der Waals surface area contributed by atoms with Crippen LogP contribution in [0.1, 0.15) is 24.1 Å². The minimum atomic E-state index is -0.153. The minimum absolute atomic E-state index is 0.153. The molecule has 1 unspecified atom stereocenters. The molecule has 84 valence electrons. The highest BCUT2D eigenvalue weighted by Gasteiger charge is 2.12. The van der Waals surface area contributed by atoms with E-state index in [0.717, 1.165) is 23.4 Å². The van der Waals surface area contributed by atoms with Gasteiger partial charge in [0.2, 0.25) is 0 Å². The van der Waals surface area contributed by atoms with Crippen LogP contribution in [0, 0.1) is 12.7 Å². The molecule has 1 atom stereocenters. The van der Waals surface area contributed by atoms with Crippen molar-refractivity contribution in [1.82, 2.24) is 5.32 Å². The maximum Gasteiger partial charge on any atom is 0.123 e. The average molecular weight is 227 g/mol. The van der Waals surface area contributed by atoms with E-state index in [1.165, 1.54) is 6.07 Å². The summed E-state index contributed by atoms with van der Waals surface area (Å²) < 4.78 is 13.2. The SMILES string of the molecule is CCNC(CSC)c1cc(F)ccc1C. The zero-order valence-corrected chi connectivity index (χ0v) is 10.3. The predicted molar refractivity (Wildman–Crippen MR) is 65.9 cm³/mol. The van der Waals surface area contributed by atoms with Crippen LogP contribution in [0.2, 0.25) is 0 Å². The Morgan fingerprint density at radius 2 is 2.20 bits per heavy atom. The second kappa shape index (κ2) is 6.13. The van der Waals surface area contributed by atoms with Gasteiger partial charge in [0, 0.05) is 11.8 Å². The molecular formula is C12H18FNS. The van der Waals surface area contributed by atoms with Crippen LogP contribution in [0.5, 0.6) is 0 Å². The summed E-state index contributed by atoms with van der Waals surface area (Å²) in [5.41, 5.74) is 2.22. The van der Waals surface area contributed by atoms with E-state index < -0.39 is 0 Å². The highest BCUT2D eigenvalue weighted by atomic mass is 32.2. The Labute approximate surface area is 95.5 Å². The summed E-state index contributed by atoms with van der Waals surface area (Å²) in [7, 11) is 0. The van der Waals surface area contributed by atoms with E-state index >= 15 is 0 Å². The predicted octanol–water partition coefficient (Wildman–Crippen LogP) is 3.15. The second-order valence-electron chi connectivity index (χ2n) is 3.57. The van der Waals surface area contributed by atoms with Crippen LogP contribution in [0.3, 0.4) is 0 Å². The molecule has 0 amide bonds. The summed E-state index contributed by atoms with van der Waals surface area (Å²) >= 11 is 1.77. The lowest BCUT2D eigenvalue weighted by Gasteiger charge is -2.19. The molecule has 0 aliphatic carbocycles. The van der Waals surface area contributed by atoms with Gasteiger partial charge in [0.25, 0.3) is 0 Å². The van der Waals surface area contributed by atoms with E-state index in [0.29, 0.717) is 0 Å². The van der Waals surface area contributed by atoms with Gasteiger partial charge in [0.1, 0.15) is 5.82 Å². The van der Waals surface area contributed by atoms with Crippen LogP contribution in [0.15, 0.2) is 18.2 Å². The Morgan fingerprint density at radius 3 is 2.80 bits per heavy atom. The molecule has 0 bridgehead atoms. The number of aryl methyl sites for hydroxylation is 1. The topological polar surface area (TPSA) is 12.0 Å². The van der Waals surface area contributed by atoms with Crippen LogP contribution in [-0.2, 0) is 0 Å². The van der Waals surface area contributed by atoms with E-state index in [1.54, 1.807) is 17.8 Å². The molecule has 0 saturated carbocycles. The summed E-state index contributed by atoms with van der Waals surface area (Å²) in [6, 6.07) is 5.25. The number of halogens is 1. The van der Waals surface area contributed by atoms with Crippen LogP contribution < -0.4 is 5.32 Å². The molecule has 1 nitrogen and oxygen atoms in total. The molecule has 0 fully saturated rings. The molecule has 1 rings (SSSR count). The van der Waals surface area contributed by atoms with E-state index in [2.05, 4.69) is 18.5 Å². The number of hydrogen-bond donors (Lipinski definition) is 1. The fraction of sp³-hybridized carbons (Fsp3) is 0.500. The van der Waals surface area contributed by atoms with Gasteiger partial charge in [-0.15, -0.1) is 0 Å². The van der Waals surface area contributed by atoms with Crippen molar-refractivity contribution >= 4 is 11.8 Å². The van der Waals surface area contributed by atoms with Gasteiger partial charge in [-0.1, -0.05) is 13.0 Å². The van der Waals surface area contributed by atoms with Gasteiger partial charge in [0.05, 0.1) is 0 Å². The monoisotopic (exact) mass is 227 g/mol. The van der Waals surface area contributed by atoms with Crippen molar-refractivity contribution in [3.05, 3.63) is 35.1 Å². The number of nitrogens with one attached hydrogen (secondary N) is 1. The maximum atomic E-state index is 13.2. The summed E-state index contributed by atoms with van der Waals surface area (Å²) in [5.74, 6) is 0.817. The highest BCUT2D eigenvalue weighted by molar-refractivity contribution is 7.98. The lowest BCUT2D eigenvalue weighted by atomic mass is 10.0. The largest absolute Gasteiger partial charge is 0.309 e. The average Bonchev–Trinajstić information content (AvgIpc) is 2.21. The first-order chi connectivity index (χ1) is 7.19. The number of thioether (sulfide) groups is 1.